The molecule has 0 saturated heterocycles. The van der Waals surface area contributed by atoms with E-state index in [1.54, 1.807) is 0 Å². The Labute approximate surface area is 139 Å². The average Bonchev–Trinajstić information content (AvgIpc) is 2.45. The maximum Gasteiger partial charge on any atom is 0.237 e. The predicted octanol–water partition coefficient (Wildman–Crippen LogP) is 1.80. The molecule has 0 spiro atoms. The molecular weight excluding hydrogens is 292 g/mol. The lowest BCUT2D eigenvalue weighted by molar-refractivity contribution is -0.127. The number of likely N-dealkylation sites (N-methyl/N-ethyl adjacent to an activating group) is 1. The summed E-state index contributed by atoms with van der Waals surface area (Å²) in [5.74, 6) is -0.0441. The van der Waals surface area contributed by atoms with Crippen molar-refractivity contribution < 1.29 is 14.6 Å². The molecule has 0 radical (unpaired) electrons. The van der Waals surface area contributed by atoms with Crippen molar-refractivity contribution in [1.29, 1.82) is 0 Å². The van der Waals surface area contributed by atoms with Gasteiger partial charge in [0, 0.05) is 12.1 Å². The summed E-state index contributed by atoms with van der Waals surface area (Å²) in [7, 11) is 1.83. The minimum Gasteiger partial charge on any atom is -0.389 e. The molecule has 23 heavy (non-hydrogen) atoms. The Hall–Kier alpha value is -1.43. The second kappa shape index (κ2) is 9.01. The van der Waals surface area contributed by atoms with E-state index in [0.717, 1.165) is 5.56 Å². The Balaban J connectivity index is 2.32. The fourth-order valence-corrected chi connectivity index (χ4v) is 2.10. The number of benzene rings is 1. The third kappa shape index (κ3) is 8.11. The first-order valence-corrected chi connectivity index (χ1v) is 8.01. The van der Waals surface area contributed by atoms with Gasteiger partial charge in [-0.2, -0.15) is 0 Å². The molecule has 5 nitrogen and oxygen atoms in total. The molecule has 0 heterocycles. The Morgan fingerprint density at radius 2 is 1.91 bits per heavy atom. The summed E-state index contributed by atoms with van der Waals surface area (Å²) in [5, 5.41) is 13.0. The molecule has 2 atom stereocenters. The summed E-state index contributed by atoms with van der Waals surface area (Å²) >= 11 is 0. The number of ether oxygens (including phenoxy) is 1. The highest BCUT2D eigenvalue weighted by Crippen LogP contribution is 2.05. The number of hydrogen-bond acceptors (Lipinski definition) is 4. The van der Waals surface area contributed by atoms with Gasteiger partial charge in [0.1, 0.15) is 0 Å². The number of hydrogen-bond donors (Lipinski definition) is 2. The van der Waals surface area contributed by atoms with Crippen molar-refractivity contribution in [2.45, 2.75) is 52.0 Å². The van der Waals surface area contributed by atoms with Crippen molar-refractivity contribution in [3.05, 3.63) is 35.9 Å². The summed E-state index contributed by atoms with van der Waals surface area (Å²) in [6.07, 6.45) is -0.631. The lowest BCUT2D eigenvalue weighted by Gasteiger charge is -2.29. The van der Waals surface area contributed by atoms with E-state index in [1.807, 2.05) is 70.0 Å². The fraction of sp³-hybridized carbons (Fsp3) is 0.611. The van der Waals surface area contributed by atoms with Crippen LogP contribution in [0.1, 0.15) is 33.3 Å². The Bertz CT molecular complexity index is 471. The number of amides is 1. The van der Waals surface area contributed by atoms with Crippen molar-refractivity contribution in [3.63, 3.8) is 0 Å². The molecule has 0 aliphatic rings. The molecule has 1 aromatic carbocycles. The first-order chi connectivity index (χ1) is 10.7. The second-order valence-corrected chi connectivity index (χ2v) is 7.01. The highest BCUT2D eigenvalue weighted by Gasteiger charge is 2.23. The van der Waals surface area contributed by atoms with Crippen LogP contribution in [0.25, 0.3) is 0 Å². The van der Waals surface area contributed by atoms with Crippen LogP contribution in [-0.2, 0) is 16.1 Å². The lowest BCUT2D eigenvalue weighted by Crippen LogP contribution is -2.51. The van der Waals surface area contributed by atoms with Crippen LogP contribution in [0.5, 0.6) is 0 Å². The van der Waals surface area contributed by atoms with Crippen molar-refractivity contribution in [2.75, 3.05) is 20.2 Å². The zero-order chi connectivity index (χ0) is 17.5. The summed E-state index contributed by atoms with van der Waals surface area (Å²) in [4.78, 5) is 13.9. The largest absolute Gasteiger partial charge is 0.389 e. The van der Waals surface area contributed by atoms with E-state index < -0.39 is 6.10 Å². The van der Waals surface area contributed by atoms with Crippen molar-refractivity contribution >= 4 is 5.91 Å². The van der Waals surface area contributed by atoms with E-state index in [-0.39, 0.29) is 24.1 Å². The summed E-state index contributed by atoms with van der Waals surface area (Å²) in [5.41, 5.74) is 0.815. The molecule has 1 aromatic rings. The molecule has 0 aromatic heterocycles. The second-order valence-electron chi connectivity index (χ2n) is 7.01. The van der Waals surface area contributed by atoms with Crippen molar-refractivity contribution in [2.24, 2.45) is 0 Å². The summed E-state index contributed by atoms with van der Waals surface area (Å²) in [6.45, 7) is 8.78. The number of aliphatic hydroxyl groups excluding tert-OH is 1. The van der Waals surface area contributed by atoms with Gasteiger partial charge in [0.05, 0.1) is 25.4 Å². The first-order valence-electron chi connectivity index (χ1n) is 8.01. The van der Waals surface area contributed by atoms with Gasteiger partial charge in [-0.25, -0.2) is 0 Å². The third-order valence-corrected chi connectivity index (χ3v) is 3.46. The molecule has 130 valence electrons. The minimum absolute atomic E-state index is 0.0441. The highest BCUT2D eigenvalue weighted by molar-refractivity contribution is 5.81. The normalized spacial score (nSPS) is 14.6. The summed E-state index contributed by atoms with van der Waals surface area (Å²) in [6, 6.07) is 9.53. The Kier molecular flexibility index (Phi) is 7.68. The van der Waals surface area contributed by atoms with Crippen LogP contribution in [0.2, 0.25) is 0 Å². The van der Waals surface area contributed by atoms with Gasteiger partial charge in [-0.1, -0.05) is 30.3 Å². The molecule has 0 fully saturated rings. The predicted molar refractivity (Wildman–Crippen MR) is 92.1 cm³/mol. The quantitative estimate of drug-likeness (QED) is 0.766. The van der Waals surface area contributed by atoms with Crippen molar-refractivity contribution in [3.8, 4) is 0 Å². The van der Waals surface area contributed by atoms with Gasteiger partial charge in [-0.05, 0) is 40.3 Å². The number of rotatable bonds is 8. The maximum absolute atomic E-state index is 12.1. The van der Waals surface area contributed by atoms with Crippen LogP contribution in [0.15, 0.2) is 30.3 Å². The van der Waals surface area contributed by atoms with Crippen LogP contribution in [0, 0.1) is 0 Å². The number of nitrogens with zero attached hydrogens (tertiary/aromatic N) is 1. The maximum atomic E-state index is 12.1. The van der Waals surface area contributed by atoms with Gasteiger partial charge in [-0.15, -0.1) is 0 Å². The van der Waals surface area contributed by atoms with Gasteiger partial charge in [0.15, 0.2) is 0 Å². The van der Waals surface area contributed by atoms with E-state index in [1.165, 1.54) is 0 Å². The molecule has 1 rings (SSSR count). The molecule has 0 aliphatic heterocycles. The summed E-state index contributed by atoms with van der Waals surface area (Å²) < 4.78 is 5.53. The zero-order valence-electron chi connectivity index (χ0n) is 14.9. The smallest absolute Gasteiger partial charge is 0.237 e. The van der Waals surface area contributed by atoms with Crippen LogP contribution in [-0.4, -0.2) is 53.8 Å². The van der Waals surface area contributed by atoms with Crippen LogP contribution in [0.4, 0.5) is 0 Å². The van der Waals surface area contributed by atoms with Gasteiger partial charge in [0.2, 0.25) is 5.91 Å². The van der Waals surface area contributed by atoms with E-state index >= 15 is 0 Å². The number of aliphatic hydroxyl groups is 1. The number of carbonyl (C=O) groups excluding carboxylic acids is 1. The zero-order valence-corrected chi connectivity index (χ0v) is 14.9. The molecule has 0 saturated carbocycles. The molecular formula is C18H30N2O3. The van der Waals surface area contributed by atoms with Gasteiger partial charge >= 0.3 is 0 Å². The van der Waals surface area contributed by atoms with Crippen LogP contribution >= 0.6 is 0 Å². The standard InChI is InChI=1S/C18H30N2O3/c1-14(17(22)19-18(2,3)4)20(5)11-16(21)13-23-12-15-9-7-6-8-10-15/h6-10,14,16,21H,11-13H2,1-5H3,(H,19,22)/t14-,16-/m1/s1. The monoisotopic (exact) mass is 322 g/mol. The average molecular weight is 322 g/mol. The van der Waals surface area contributed by atoms with Crippen LogP contribution < -0.4 is 5.32 Å². The van der Waals surface area contributed by atoms with Gasteiger partial charge in [-0.3, -0.25) is 9.69 Å². The number of carbonyl (C=O) groups is 1. The van der Waals surface area contributed by atoms with E-state index in [9.17, 15) is 9.90 Å². The molecule has 0 unspecified atom stereocenters. The first kappa shape index (κ1) is 19.6. The van der Waals surface area contributed by atoms with Crippen molar-refractivity contribution in [1.82, 2.24) is 10.2 Å². The molecule has 2 N–H and O–H groups in total. The fourth-order valence-electron chi connectivity index (χ4n) is 2.10. The molecule has 5 heteroatoms. The van der Waals surface area contributed by atoms with E-state index in [2.05, 4.69) is 5.32 Å². The number of nitrogens with one attached hydrogen (secondary N) is 1. The Morgan fingerprint density at radius 3 is 2.48 bits per heavy atom. The van der Waals surface area contributed by atoms with E-state index in [4.69, 9.17) is 4.74 Å². The minimum atomic E-state index is -0.631. The Morgan fingerprint density at radius 1 is 1.30 bits per heavy atom. The van der Waals surface area contributed by atoms with E-state index in [0.29, 0.717) is 13.2 Å². The lowest BCUT2D eigenvalue weighted by atomic mass is 10.1. The third-order valence-electron chi connectivity index (χ3n) is 3.46. The van der Waals surface area contributed by atoms with Crippen LogP contribution in [0.3, 0.4) is 0 Å². The molecule has 0 aliphatic carbocycles. The molecule has 1 amide bonds. The van der Waals surface area contributed by atoms with Gasteiger partial charge < -0.3 is 15.2 Å². The van der Waals surface area contributed by atoms with Gasteiger partial charge in [0.25, 0.3) is 0 Å². The molecule has 0 bridgehead atoms. The topological polar surface area (TPSA) is 61.8 Å². The highest BCUT2D eigenvalue weighted by atomic mass is 16.5. The SMILES string of the molecule is C[C@H](C(=O)NC(C)(C)C)N(C)C[C@@H](O)COCc1ccccc1.